The molecule has 0 atom stereocenters. The number of amides is 1. The second-order valence-corrected chi connectivity index (χ2v) is 5.47. The van der Waals surface area contributed by atoms with Crippen LogP contribution in [0.25, 0.3) is 0 Å². The normalized spacial score (nSPS) is 14.8. The van der Waals surface area contributed by atoms with Crippen LogP contribution in [-0.2, 0) is 0 Å². The molecule has 1 amide bonds. The third-order valence-corrected chi connectivity index (χ3v) is 3.90. The van der Waals surface area contributed by atoms with Crippen LogP contribution >= 0.6 is 15.9 Å². The first kappa shape index (κ1) is 13.1. The number of rotatable bonds is 3. The Bertz CT molecular complexity index is 614. The van der Waals surface area contributed by atoms with Gasteiger partial charge in [-0.3, -0.25) is 9.78 Å². The Morgan fingerprint density at radius 2 is 2.10 bits per heavy atom. The minimum Gasteiger partial charge on any atom is -0.351 e. The van der Waals surface area contributed by atoms with E-state index >= 15 is 0 Å². The lowest BCUT2D eigenvalue weighted by Gasteiger charge is -2.40. The molecule has 0 spiro atoms. The summed E-state index contributed by atoms with van der Waals surface area (Å²) in [6.07, 6.45) is 5.05. The number of carbonyl (C=O) groups is 1. The molecule has 0 saturated carbocycles. The van der Waals surface area contributed by atoms with Gasteiger partial charge in [-0.2, -0.15) is 0 Å². The van der Waals surface area contributed by atoms with Crippen molar-refractivity contribution in [2.75, 3.05) is 18.0 Å². The molecule has 102 valence electrons. The molecule has 5 nitrogen and oxygen atoms in total. The van der Waals surface area contributed by atoms with Crippen molar-refractivity contribution in [1.82, 2.24) is 15.3 Å². The van der Waals surface area contributed by atoms with Gasteiger partial charge in [0.15, 0.2) is 0 Å². The van der Waals surface area contributed by atoms with E-state index in [1.165, 1.54) is 0 Å². The molecule has 3 rings (SSSR count). The molecule has 0 radical (unpaired) electrons. The van der Waals surface area contributed by atoms with Crippen molar-refractivity contribution in [3.63, 3.8) is 0 Å². The summed E-state index contributed by atoms with van der Waals surface area (Å²) in [4.78, 5) is 22.5. The number of hydrogen-bond donors (Lipinski definition) is 1. The molecule has 0 unspecified atom stereocenters. The Morgan fingerprint density at radius 1 is 1.30 bits per heavy atom. The molecule has 1 aliphatic heterocycles. The first-order chi connectivity index (χ1) is 9.74. The predicted molar refractivity (Wildman–Crippen MR) is 79.6 cm³/mol. The summed E-state index contributed by atoms with van der Waals surface area (Å²) in [6, 6.07) is 7.56. The number of anilines is 1. The van der Waals surface area contributed by atoms with Crippen LogP contribution in [0.5, 0.6) is 0 Å². The highest BCUT2D eigenvalue weighted by Crippen LogP contribution is 2.19. The molecule has 20 heavy (non-hydrogen) atoms. The van der Waals surface area contributed by atoms with Gasteiger partial charge in [0.25, 0.3) is 5.91 Å². The SMILES string of the molecule is O=C(NC1CN(c2cnccn2)C1)c1ccccc1Br. The number of carbonyl (C=O) groups excluding carboxylic acids is 1. The minimum atomic E-state index is -0.0544. The summed E-state index contributed by atoms with van der Waals surface area (Å²) in [6.45, 7) is 1.52. The van der Waals surface area contributed by atoms with Crippen LogP contribution in [0.1, 0.15) is 10.4 Å². The topological polar surface area (TPSA) is 58.1 Å². The van der Waals surface area contributed by atoms with Gasteiger partial charge < -0.3 is 10.2 Å². The van der Waals surface area contributed by atoms with E-state index < -0.39 is 0 Å². The Labute approximate surface area is 125 Å². The largest absolute Gasteiger partial charge is 0.351 e. The van der Waals surface area contributed by atoms with Gasteiger partial charge in [0.05, 0.1) is 17.8 Å². The van der Waals surface area contributed by atoms with Crippen molar-refractivity contribution in [1.29, 1.82) is 0 Å². The maximum atomic E-state index is 12.1. The predicted octanol–water partition coefficient (Wildman–Crippen LogP) is 1.86. The zero-order chi connectivity index (χ0) is 13.9. The molecule has 0 bridgehead atoms. The van der Waals surface area contributed by atoms with Crippen LogP contribution in [0.4, 0.5) is 5.82 Å². The van der Waals surface area contributed by atoms with Crippen molar-refractivity contribution < 1.29 is 4.79 Å². The van der Waals surface area contributed by atoms with Gasteiger partial charge in [0, 0.05) is 30.0 Å². The summed E-state index contributed by atoms with van der Waals surface area (Å²) in [7, 11) is 0. The number of nitrogens with one attached hydrogen (secondary N) is 1. The van der Waals surface area contributed by atoms with Gasteiger partial charge in [-0.25, -0.2) is 4.98 Å². The first-order valence-corrected chi connectivity index (χ1v) is 7.09. The molecule has 1 aromatic heterocycles. The molecule has 0 aliphatic carbocycles. The molecular weight excluding hydrogens is 320 g/mol. The molecule has 1 aromatic carbocycles. The fraction of sp³-hybridized carbons (Fsp3) is 0.214. The summed E-state index contributed by atoms with van der Waals surface area (Å²) < 4.78 is 0.808. The first-order valence-electron chi connectivity index (χ1n) is 6.30. The second-order valence-electron chi connectivity index (χ2n) is 4.62. The molecule has 1 saturated heterocycles. The van der Waals surface area contributed by atoms with Gasteiger partial charge in [-0.1, -0.05) is 12.1 Å². The third kappa shape index (κ3) is 2.65. The summed E-state index contributed by atoms with van der Waals surface area (Å²) in [5.74, 6) is 0.792. The van der Waals surface area contributed by atoms with E-state index in [-0.39, 0.29) is 11.9 Å². The molecular formula is C14H13BrN4O. The van der Waals surface area contributed by atoms with Crippen LogP contribution in [0.15, 0.2) is 47.3 Å². The van der Waals surface area contributed by atoms with Crippen molar-refractivity contribution in [3.05, 3.63) is 52.9 Å². The van der Waals surface area contributed by atoms with Gasteiger partial charge in [-0.05, 0) is 28.1 Å². The lowest BCUT2D eigenvalue weighted by Crippen LogP contribution is -2.59. The summed E-state index contributed by atoms with van der Waals surface area (Å²) in [5.41, 5.74) is 0.658. The maximum Gasteiger partial charge on any atom is 0.252 e. The molecule has 1 fully saturated rings. The molecule has 2 aromatic rings. The van der Waals surface area contributed by atoms with Gasteiger partial charge in [-0.15, -0.1) is 0 Å². The van der Waals surface area contributed by atoms with Crippen molar-refractivity contribution in [2.45, 2.75) is 6.04 Å². The highest BCUT2D eigenvalue weighted by molar-refractivity contribution is 9.10. The Balaban J connectivity index is 1.57. The Kier molecular flexibility index (Phi) is 3.64. The lowest BCUT2D eigenvalue weighted by atomic mass is 10.1. The lowest BCUT2D eigenvalue weighted by molar-refractivity contribution is 0.0929. The Morgan fingerprint density at radius 3 is 2.80 bits per heavy atom. The van der Waals surface area contributed by atoms with E-state index in [4.69, 9.17) is 0 Å². The van der Waals surface area contributed by atoms with E-state index in [0.29, 0.717) is 5.56 Å². The zero-order valence-electron chi connectivity index (χ0n) is 10.7. The van der Waals surface area contributed by atoms with E-state index in [2.05, 4.69) is 36.1 Å². The van der Waals surface area contributed by atoms with E-state index in [9.17, 15) is 4.79 Å². The third-order valence-electron chi connectivity index (χ3n) is 3.21. The van der Waals surface area contributed by atoms with Crippen molar-refractivity contribution in [2.24, 2.45) is 0 Å². The maximum absolute atomic E-state index is 12.1. The zero-order valence-corrected chi connectivity index (χ0v) is 12.2. The number of benzene rings is 1. The summed E-state index contributed by atoms with van der Waals surface area (Å²) >= 11 is 3.39. The standard InChI is InChI=1S/C14H13BrN4O/c15-12-4-2-1-3-11(12)14(20)18-10-8-19(9-10)13-7-16-5-6-17-13/h1-7,10H,8-9H2,(H,18,20). The van der Waals surface area contributed by atoms with Crippen molar-refractivity contribution in [3.8, 4) is 0 Å². The highest BCUT2D eigenvalue weighted by Gasteiger charge is 2.29. The molecule has 1 aliphatic rings. The average Bonchev–Trinajstić information content (AvgIpc) is 2.43. The van der Waals surface area contributed by atoms with Crippen LogP contribution in [0, 0.1) is 0 Å². The number of aromatic nitrogens is 2. The number of nitrogens with zero attached hydrogens (tertiary/aromatic N) is 3. The average molecular weight is 333 g/mol. The van der Waals surface area contributed by atoms with Crippen LogP contribution in [0.2, 0.25) is 0 Å². The molecule has 1 N–H and O–H groups in total. The van der Waals surface area contributed by atoms with E-state index in [1.54, 1.807) is 24.7 Å². The van der Waals surface area contributed by atoms with Crippen LogP contribution in [0.3, 0.4) is 0 Å². The van der Waals surface area contributed by atoms with Gasteiger partial charge in [0.2, 0.25) is 0 Å². The Hall–Kier alpha value is -1.95. The van der Waals surface area contributed by atoms with E-state index in [0.717, 1.165) is 23.4 Å². The fourth-order valence-corrected chi connectivity index (χ4v) is 2.58. The monoisotopic (exact) mass is 332 g/mol. The highest BCUT2D eigenvalue weighted by atomic mass is 79.9. The van der Waals surface area contributed by atoms with Crippen LogP contribution < -0.4 is 10.2 Å². The van der Waals surface area contributed by atoms with Crippen molar-refractivity contribution >= 4 is 27.7 Å². The minimum absolute atomic E-state index is 0.0544. The van der Waals surface area contributed by atoms with Crippen LogP contribution in [-0.4, -0.2) is 35.0 Å². The molecule has 2 heterocycles. The van der Waals surface area contributed by atoms with Gasteiger partial charge >= 0.3 is 0 Å². The van der Waals surface area contributed by atoms with E-state index in [1.807, 2.05) is 18.2 Å². The second kappa shape index (κ2) is 5.58. The fourth-order valence-electron chi connectivity index (χ4n) is 2.12. The quantitative estimate of drug-likeness (QED) is 0.932. The van der Waals surface area contributed by atoms with Gasteiger partial charge in [0.1, 0.15) is 5.82 Å². The number of hydrogen-bond acceptors (Lipinski definition) is 4. The number of halogens is 1. The smallest absolute Gasteiger partial charge is 0.252 e. The molecule has 6 heteroatoms. The summed E-state index contributed by atoms with van der Waals surface area (Å²) in [5, 5.41) is 3.01.